The van der Waals surface area contributed by atoms with Crippen LogP contribution < -0.4 is 15.2 Å². The lowest BCUT2D eigenvalue weighted by molar-refractivity contribution is 0.146. The van der Waals surface area contributed by atoms with Crippen LogP contribution >= 0.6 is 0 Å². The van der Waals surface area contributed by atoms with Crippen LogP contribution in [0, 0.1) is 5.92 Å². The van der Waals surface area contributed by atoms with Crippen LogP contribution in [0.3, 0.4) is 0 Å². The third kappa shape index (κ3) is 5.39. The van der Waals surface area contributed by atoms with Gasteiger partial charge < -0.3 is 15.2 Å². The molecule has 4 nitrogen and oxygen atoms in total. The van der Waals surface area contributed by atoms with Gasteiger partial charge in [0.05, 0.1) is 12.8 Å². The van der Waals surface area contributed by atoms with E-state index in [2.05, 4.69) is 11.9 Å². The summed E-state index contributed by atoms with van der Waals surface area (Å²) in [4.78, 5) is 3.74. The van der Waals surface area contributed by atoms with E-state index in [1.165, 1.54) is 12.3 Å². The average molecular weight is 378 g/mol. The fraction of sp³-hybridized carbons (Fsp3) is 0.476. The summed E-state index contributed by atoms with van der Waals surface area (Å²) in [5, 5.41) is 0. The van der Waals surface area contributed by atoms with E-state index in [4.69, 9.17) is 15.2 Å². The van der Waals surface area contributed by atoms with Crippen molar-refractivity contribution in [3.63, 3.8) is 0 Å². The molecule has 1 aliphatic heterocycles. The zero-order chi connectivity index (χ0) is 20.0. The second kappa shape index (κ2) is 9.65. The van der Waals surface area contributed by atoms with Crippen molar-refractivity contribution in [3.05, 3.63) is 41.7 Å². The van der Waals surface area contributed by atoms with Crippen LogP contribution in [-0.4, -0.2) is 17.6 Å². The summed E-state index contributed by atoms with van der Waals surface area (Å²) in [6.07, 6.45) is -0.352. The van der Waals surface area contributed by atoms with Crippen molar-refractivity contribution in [1.29, 1.82) is 0 Å². The van der Waals surface area contributed by atoms with Gasteiger partial charge in [-0.05, 0) is 43.0 Å². The van der Waals surface area contributed by atoms with Gasteiger partial charge in [0.15, 0.2) is 0 Å². The second-order valence-electron chi connectivity index (χ2n) is 6.64. The van der Waals surface area contributed by atoms with Gasteiger partial charge in [-0.25, -0.2) is 8.78 Å². The third-order valence-corrected chi connectivity index (χ3v) is 4.17. The molecule has 0 fully saturated rings. The van der Waals surface area contributed by atoms with E-state index in [0.29, 0.717) is 30.4 Å². The zero-order valence-electron chi connectivity index (χ0n) is 16.3. The van der Waals surface area contributed by atoms with E-state index in [1.807, 2.05) is 39.0 Å². The molecule has 0 radical (unpaired) electrons. The topological polar surface area (TPSA) is 57.4 Å². The molecule has 0 aliphatic carbocycles. The highest BCUT2D eigenvalue weighted by atomic mass is 19.3. The predicted molar refractivity (Wildman–Crippen MR) is 103 cm³/mol. The highest BCUT2D eigenvalue weighted by Crippen LogP contribution is 2.39. The van der Waals surface area contributed by atoms with Gasteiger partial charge in [0.25, 0.3) is 6.43 Å². The van der Waals surface area contributed by atoms with Crippen molar-refractivity contribution >= 4 is 0 Å². The molecule has 0 amide bonds. The molecule has 1 aromatic carbocycles. The van der Waals surface area contributed by atoms with Gasteiger partial charge in [-0.1, -0.05) is 26.8 Å². The number of aromatic nitrogens is 1. The van der Waals surface area contributed by atoms with Crippen LogP contribution in [0.25, 0.3) is 11.1 Å². The molecule has 6 heteroatoms. The number of ether oxygens (including phenoxy) is 2. The molecule has 1 aromatic heterocycles. The summed E-state index contributed by atoms with van der Waals surface area (Å²) < 4.78 is 37.3. The van der Waals surface area contributed by atoms with E-state index in [0.717, 1.165) is 23.3 Å². The quantitative estimate of drug-likeness (QED) is 0.735. The molecule has 0 bridgehead atoms. The van der Waals surface area contributed by atoms with Crippen molar-refractivity contribution in [2.75, 3.05) is 6.61 Å². The van der Waals surface area contributed by atoms with Crippen molar-refractivity contribution in [1.82, 2.24) is 4.98 Å². The fourth-order valence-electron chi connectivity index (χ4n) is 3.04. The average Bonchev–Trinajstić information content (AvgIpc) is 2.66. The molecule has 2 aromatic rings. The van der Waals surface area contributed by atoms with Crippen LogP contribution in [0.5, 0.6) is 11.5 Å². The molecular formula is C21H28F2N2O2. The Balaban J connectivity index is 0.00000126. The van der Waals surface area contributed by atoms with Gasteiger partial charge >= 0.3 is 0 Å². The standard InChI is InChI=1S/C19H22F2N2O2.C2H6/c1-11(5-12(2)22)9-24-14-3-4-15-13(6-14)10-25-18-8-23-17(19(20)21)7-16(15)18;1-2/h3-4,6-8,11-12,19H,5,9-10,22H2,1-2H3;1-2H3. The maximum Gasteiger partial charge on any atom is 0.280 e. The number of fused-ring (bicyclic) bond motifs is 3. The molecule has 0 saturated carbocycles. The summed E-state index contributed by atoms with van der Waals surface area (Å²) in [5.41, 5.74) is 7.98. The molecule has 2 N–H and O–H groups in total. The summed E-state index contributed by atoms with van der Waals surface area (Å²) in [5.74, 6) is 1.62. The molecule has 0 saturated heterocycles. The Morgan fingerprint density at radius 1 is 1.19 bits per heavy atom. The molecule has 3 rings (SSSR count). The SMILES string of the molecule is CC.CC(N)CC(C)COc1ccc2c(c1)COc1cnc(C(F)F)cc1-2. The predicted octanol–water partition coefficient (Wildman–Crippen LogP) is 5.36. The van der Waals surface area contributed by atoms with Gasteiger partial charge in [0.2, 0.25) is 0 Å². The number of halogens is 2. The highest BCUT2D eigenvalue weighted by Gasteiger charge is 2.21. The summed E-state index contributed by atoms with van der Waals surface area (Å²) in [6.45, 7) is 9.02. The number of alkyl halides is 2. The first-order valence-electron chi connectivity index (χ1n) is 9.36. The minimum Gasteiger partial charge on any atom is -0.493 e. The molecule has 2 unspecified atom stereocenters. The zero-order valence-corrected chi connectivity index (χ0v) is 16.3. The molecule has 1 aliphatic rings. The largest absolute Gasteiger partial charge is 0.493 e. The number of nitrogens with two attached hydrogens (primary N) is 1. The lowest BCUT2D eigenvalue weighted by Crippen LogP contribution is -2.21. The van der Waals surface area contributed by atoms with Crippen molar-refractivity contribution in [2.45, 2.75) is 53.2 Å². The third-order valence-electron chi connectivity index (χ3n) is 4.17. The minimum absolute atomic E-state index is 0.143. The molecule has 0 spiro atoms. The summed E-state index contributed by atoms with van der Waals surface area (Å²) in [7, 11) is 0. The smallest absolute Gasteiger partial charge is 0.280 e. The molecule has 27 heavy (non-hydrogen) atoms. The van der Waals surface area contributed by atoms with Gasteiger partial charge in [0, 0.05) is 17.2 Å². The van der Waals surface area contributed by atoms with Gasteiger partial charge in [0.1, 0.15) is 23.8 Å². The molecule has 2 atom stereocenters. The number of pyridine rings is 1. The first-order valence-corrected chi connectivity index (χ1v) is 9.36. The number of benzene rings is 1. The van der Waals surface area contributed by atoms with Crippen LogP contribution in [0.15, 0.2) is 30.5 Å². The normalized spacial score (nSPS) is 14.2. The van der Waals surface area contributed by atoms with Gasteiger partial charge in [-0.3, -0.25) is 4.98 Å². The van der Waals surface area contributed by atoms with Crippen molar-refractivity contribution < 1.29 is 18.3 Å². The molecular weight excluding hydrogens is 350 g/mol. The Morgan fingerprint density at radius 3 is 2.59 bits per heavy atom. The highest BCUT2D eigenvalue weighted by molar-refractivity contribution is 5.75. The van der Waals surface area contributed by atoms with E-state index < -0.39 is 6.43 Å². The van der Waals surface area contributed by atoms with E-state index in [9.17, 15) is 8.78 Å². The number of hydrogen-bond acceptors (Lipinski definition) is 4. The van der Waals surface area contributed by atoms with Crippen LogP contribution in [0.2, 0.25) is 0 Å². The van der Waals surface area contributed by atoms with E-state index in [-0.39, 0.29) is 11.7 Å². The lowest BCUT2D eigenvalue weighted by Gasteiger charge is -2.22. The Bertz CT molecular complexity index is 751. The first-order chi connectivity index (χ1) is 12.9. The second-order valence-corrected chi connectivity index (χ2v) is 6.64. The van der Waals surface area contributed by atoms with E-state index in [1.54, 1.807) is 0 Å². The Labute approximate surface area is 159 Å². The number of hydrogen-bond donors (Lipinski definition) is 1. The Morgan fingerprint density at radius 2 is 1.93 bits per heavy atom. The Hall–Kier alpha value is -2.21. The van der Waals surface area contributed by atoms with Crippen LogP contribution in [-0.2, 0) is 6.61 Å². The number of nitrogens with zero attached hydrogens (tertiary/aromatic N) is 1. The van der Waals surface area contributed by atoms with Crippen LogP contribution in [0.4, 0.5) is 8.78 Å². The van der Waals surface area contributed by atoms with Crippen molar-refractivity contribution in [3.8, 4) is 22.6 Å². The number of rotatable bonds is 6. The monoisotopic (exact) mass is 378 g/mol. The molecule has 148 valence electrons. The lowest BCUT2D eigenvalue weighted by atomic mass is 9.97. The van der Waals surface area contributed by atoms with E-state index >= 15 is 0 Å². The minimum atomic E-state index is -2.61. The fourth-order valence-corrected chi connectivity index (χ4v) is 3.04. The van der Waals surface area contributed by atoms with Gasteiger partial charge in [-0.15, -0.1) is 0 Å². The Kier molecular flexibility index (Phi) is 7.54. The maximum absolute atomic E-state index is 12.9. The summed E-state index contributed by atoms with van der Waals surface area (Å²) in [6, 6.07) is 7.18. The van der Waals surface area contributed by atoms with Crippen LogP contribution in [0.1, 0.15) is 51.8 Å². The maximum atomic E-state index is 12.9. The summed E-state index contributed by atoms with van der Waals surface area (Å²) >= 11 is 0. The molecule has 2 heterocycles. The van der Waals surface area contributed by atoms with Gasteiger partial charge in [-0.2, -0.15) is 0 Å². The first kappa shape index (κ1) is 21.1. The van der Waals surface area contributed by atoms with Crippen molar-refractivity contribution in [2.24, 2.45) is 11.7 Å².